The third-order valence-corrected chi connectivity index (χ3v) is 8.11. The molecule has 4 aliphatic heterocycles. The minimum absolute atomic E-state index is 0.0925. The average Bonchev–Trinajstić information content (AvgIpc) is 3.55. The largest absolute Gasteiger partial charge is 0.366 e. The van der Waals surface area contributed by atoms with E-state index in [9.17, 15) is 0 Å². The number of epoxide rings is 2. The first kappa shape index (κ1) is 17.6. The Morgan fingerprint density at radius 2 is 1.04 bits per heavy atom. The van der Waals surface area contributed by atoms with Gasteiger partial charge in [0.2, 0.25) is 0 Å². The van der Waals surface area contributed by atoms with Crippen LogP contribution >= 0.6 is 0 Å². The summed E-state index contributed by atoms with van der Waals surface area (Å²) in [5, 5.41) is 0. The van der Waals surface area contributed by atoms with E-state index in [0.29, 0.717) is 50.5 Å². The molecule has 6 unspecified atom stereocenters. The van der Waals surface area contributed by atoms with Crippen LogP contribution < -0.4 is 0 Å². The first-order chi connectivity index (χ1) is 13.0. The predicted octanol–water partition coefficient (Wildman–Crippen LogP) is 2.63. The van der Waals surface area contributed by atoms with Crippen LogP contribution in [-0.4, -0.2) is 62.4 Å². The summed E-state index contributed by atoms with van der Waals surface area (Å²) >= 11 is 0. The monoisotopic (exact) mass is 380 g/mol. The Kier molecular flexibility index (Phi) is 3.84. The summed E-state index contributed by atoms with van der Waals surface area (Å²) in [5.74, 6) is 0.910. The van der Waals surface area contributed by atoms with Gasteiger partial charge in [-0.1, -0.05) is 0 Å². The van der Waals surface area contributed by atoms with Gasteiger partial charge in [-0.15, -0.1) is 0 Å². The molecule has 2 aliphatic carbocycles. The fourth-order valence-electron chi connectivity index (χ4n) is 5.77. The van der Waals surface area contributed by atoms with Gasteiger partial charge < -0.3 is 28.4 Å². The van der Waals surface area contributed by atoms with Crippen LogP contribution in [0.2, 0.25) is 0 Å². The predicted molar refractivity (Wildman–Crippen MR) is 95.1 cm³/mol. The lowest BCUT2D eigenvalue weighted by molar-refractivity contribution is -0.321. The fourth-order valence-corrected chi connectivity index (χ4v) is 5.77. The molecule has 6 heteroatoms. The van der Waals surface area contributed by atoms with Crippen LogP contribution in [0.1, 0.15) is 52.4 Å². The zero-order valence-electron chi connectivity index (χ0n) is 16.5. The van der Waals surface area contributed by atoms with Crippen LogP contribution in [0.4, 0.5) is 0 Å². The van der Waals surface area contributed by atoms with Gasteiger partial charge in [-0.05, 0) is 52.4 Å². The highest BCUT2D eigenvalue weighted by Gasteiger charge is 2.58. The number of hydrogen-bond donors (Lipinski definition) is 0. The van der Waals surface area contributed by atoms with Gasteiger partial charge in [-0.25, -0.2) is 0 Å². The van der Waals surface area contributed by atoms with E-state index in [1.54, 1.807) is 0 Å². The highest BCUT2D eigenvalue weighted by Crippen LogP contribution is 2.52. The fraction of sp³-hybridized carbons (Fsp3) is 1.00. The van der Waals surface area contributed by atoms with Gasteiger partial charge in [0.1, 0.15) is 0 Å². The molecule has 0 bridgehead atoms. The van der Waals surface area contributed by atoms with Gasteiger partial charge in [0.15, 0.2) is 12.6 Å². The van der Waals surface area contributed by atoms with Gasteiger partial charge in [0.25, 0.3) is 0 Å². The highest BCUT2D eigenvalue weighted by molar-refractivity contribution is 5.05. The molecule has 1 spiro atoms. The number of ether oxygens (including phenoxy) is 6. The third-order valence-electron chi connectivity index (χ3n) is 8.11. The molecule has 0 aromatic heterocycles. The Morgan fingerprint density at radius 1 is 0.630 bits per heavy atom. The van der Waals surface area contributed by atoms with Crippen LogP contribution in [0.5, 0.6) is 0 Å². The zero-order valence-corrected chi connectivity index (χ0v) is 16.5. The van der Waals surface area contributed by atoms with E-state index in [1.165, 1.54) is 0 Å². The normalized spacial score (nSPS) is 59.8. The standard InChI is InChI=1S/C21H32O6/c1-19-5-3-13(7-15(19)26-19)17-22-9-21(10-23-17)11-24-18(25-12-21)14-4-6-20(2)16(8-14)27-20/h13-18H,3-12H2,1-2H3. The SMILES string of the molecule is CC12CCC(C3OCC4(CO3)COC(C3CCC5(C)OC5C3)OC4)CC1O2. The van der Waals surface area contributed by atoms with Crippen molar-refractivity contribution in [2.45, 2.75) is 88.4 Å². The Labute approximate surface area is 161 Å². The summed E-state index contributed by atoms with van der Waals surface area (Å²) < 4.78 is 36.3. The molecule has 0 N–H and O–H groups in total. The molecule has 0 aromatic carbocycles. The second kappa shape index (κ2) is 5.89. The maximum Gasteiger partial charge on any atom is 0.160 e. The molecule has 152 valence electrons. The molecule has 4 saturated heterocycles. The van der Waals surface area contributed by atoms with E-state index in [-0.39, 0.29) is 29.2 Å². The van der Waals surface area contributed by atoms with Gasteiger partial charge in [0, 0.05) is 11.8 Å². The molecule has 2 saturated carbocycles. The second-order valence-electron chi connectivity index (χ2n) is 10.4. The van der Waals surface area contributed by atoms with Crippen LogP contribution in [-0.2, 0) is 28.4 Å². The van der Waals surface area contributed by atoms with Crippen LogP contribution in [0, 0.1) is 17.3 Å². The Morgan fingerprint density at radius 3 is 1.41 bits per heavy atom. The number of fused-ring (bicyclic) bond motifs is 2. The minimum Gasteiger partial charge on any atom is -0.366 e. The maximum absolute atomic E-state index is 6.17. The quantitative estimate of drug-likeness (QED) is 0.687. The van der Waals surface area contributed by atoms with Crippen molar-refractivity contribution in [3.63, 3.8) is 0 Å². The highest BCUT2D eigenvalue weighted by atomic mass is 16.7. The molecule has 6 aliphatic rings. The molecule has 6 rings (SSSR count). The van der Waals surface area contributed by atoms with E-state index >= 15 is 0 Å². The Bertz CT molecular complexity index is 540. The molecule has 6 atom stereocenters. The first-order valence-electron chi connectivity index (χ1n) is 10.8. The second-order valence-corrected chi connectivity index (χ2v) is 10.4. The van der Waals surface area contributed by atoms with Crippen molar-refractivity contribution in [3.8, 4) is 0 Å². The summed E-state index contributed by atoms with van der Waals surface area (Å²) in [6.07, 6.45) is 7.26. The van der Waals surface area contributed by atoms with E-state index < -0.39 is 0 Å². The lowest BCUT2D eigenvalue weighted by atomic mass is 9.81. The zero-order chi connectivity index (χ0) is 18.3. The van der Waals surface area contributed by atoms with Gasteiger partial charge in [-0.2, -0.15) is 0 Å². The molecule has 4 heterocycles. The van der Waals surface area contributed by atoms with E-state index in [4.69, 9.17) is 28.4 Å². The number of hydrogen-bond acceptors (Lipinski definition) is 6. The molecule has 27 heavy (non-hydrogen) atoms. The molecular formula is C21H32O6. The Hall–Kier alpha value is -0.240. The van der Waals surface area contributed by atoms with Crippen molar-refractivity contribution < 1.29 is 28.4 Å². The van der Waals surface area contributed by atoms with Crippen molar-refractivity contribution in [1.82, 2.24) is 0 Å². The molecule has 0 radical (unpaired) electrons. The molecular weight excluding hydrogens is 348 g/mol. The minimum atomic E-state index is -0.147. The Balaban J connectivity index is 0.995. The molecule has 6 nitrogen and oxygen atoms in total. The van der Waals surface area contributed by atoms with Gasteiger partial charge in [-0.3, -0.25) is 0 Å². The van der Waals surface area contributed by atoms with Crippen LogP contribution in [0.15, 0.2) is 0 Å². The summed E-state index contributed by atoms with van der Waals surface area (Å²) in [7, 11) is 0. The van der Waals surface area contributed by atoms with Gasteiger partial charge >= 0.3 is 0 Å². The van der Waals surface area contributed by atoms with E-state index in [2.05, 4.69) is 13.8 Å². The summed E-state index contributed by atoms with van der Waals surface area (Å²) in [6, 6.07) is 0. The van der Waals surface area contributed by atoms with Crippen molar-refractivity contribution in [2.75, 3.05) is 26.4 Å². The van der Waals surface area contributed by atoms with Crippen LogP contribution in [0.3, 0.4) is 0 Å². The lowest BCUT2D eigenvalue weighted by Crippen LogP contribution is -2.54. The van der Waals surface area contributed by atoms with Crippen molar-refractivity contribution >= 4 is 0 Å². The summed E-state index contributed by atoms with van der Waals surface area (Å²) in [6.45, 7) is 7.11. The summed E-state index contributed by atoms with van der Waals surface area (Å²) in [4.78, 5) is 0. The lowest BCUT2D eigenvalue weighted by Gasteiger charge is -2.46. The van der Waals surface area contributed by atoms with Crippen LogP contribution in [0.25, 0.3) is 0 Å². The number of rotatable bonds is 2. The first-order valence-corrected chi connectivity index (χ1v) is 10.8. The van der Waals surface area contributed by atoms with E-state index in [1.807, 2.05) is 0 Å². The summed E-state index contributed by atoms with van der Waals surface area (Å²) in [5.41, 5.74) is 0.147. The van der Waals surface area contributed by atoms with Crippen molar-refractivity contribution in [3.05, 3.63) is 0 Å². The molecule has 0 amide bonds. The maximum atomic E-state index is 6.17. The molecule has 6 fully saturated rings. The third kappa shape index (κ3) is 2.99. The van der Waals surface area contributed by atoms with Crippen molar-refractivity contribution in [1.29, 1.82) is 0 Å². The molecule has 0 aromatic rings. The average molecular weight is 380 g/mol. The van der Waals surface area contributed by atoms with Gasteiger partial charge in [0.05, 0.1) is 55.3 Å². The van der Waals surface area contributed by atoms with E-state index in [0.717, 1.165) is 38.5 Å². The van der Waals surface area contributed by atoms with Crippen molar-refractivity contribution in [2.24, 2.45) is 17.3 Å². The smallest absolute Gasteiger partial charge is 0.160 e. The topological polar surface area (TPSA) is 62.0 Å².